The largest absolute Gasteiger partial charge is 0.508 e. The normalized spacial score (nSPS) is 11.2. The third-order valence-electron chi connectivity index (χ3n) is 1.95. The first-order valence-corrected chi connectivity index (χ1v) is 4.92. The van der Waals surface area contributed by atoms with Gasteiger partial charge < -0.3 is 14.9 Å². The van der Waals surface area contributed by atoms with Crippen LogP contribution in [-0.4, -0.2) is 22.8 Å². The molecule has 0 radical (unpaired) electrons. The smallest absolute Gasteiger partial charge is 0.338 e. The monoisotopic (exact) mass is 222 g/mol. The molecule has 16 heavy (non-hydrogen) atoms. The van der Waals surface area contributed by atoms with Crippen LogP contribution >= 0.6 is 0 Å². The van der Waals surface area contributed by atoms with Crippen LogP contribution < -0.4 is 4.74 Å². The van der Waals surface area contributed by atoms with Crippen LogP contribution in [0.2, 0.25) is 0 Å². The van der Waals surface area contributed by atoms with Gasteiger partial charge in [0, 0.05) is 12.2 Å². The standard InChI is InChI=1S/C12H14O4/c1-9(3-2-8-13)12(15)16-11-6-4-10(14)5-7-11/h3-7,13-14H,2,8H2,1H3. The van der Waals surface area contributed by atoms with Crippen molar-refractivity contribution in [3.63, 3.8) is 0 Å². The van der Waals surface area contributed by atoms with Crippen LogP contribution in [-0.2, 0) is 4.79 Å². The van der Waals surface area contributed by atoms with Gasteiger partial charge in [0.1, 0.15) is 11.5 Å². The molecule has 0 aliphatic heterocycles. The number of esters is 1. The molecule has 0 saturated carbocycles. The van der Waals surface area contributed by atoms with Crippen LogP contribution in [0.15, 0.2) is 35.9 Å². The Bertz CT molecular complexity index is 379. The first-order valence-electron chi connectivity index (χ1n) is 4.92. The molecule has 0 aromatic heterocycles. The first kappa shape index (κ1) is 12.3. The van der Waals surface area contributed by atoms with Crippen molar-refractivity contribution in [2.24, 2.45) is 0 Å². The Hall–Kier alpha value is -1.81. The van der Waals surface area contributed by atoms with Crippen LogP contribution in [0, 0.1) is 0 Å². The number of aliphatic hydroxyl groups is 1. The lowest BCUT2D eigenvalue weighted by atomic mass is 10.2. The zero-order chi connectivity index (χ0) is 12.0. The number of aromatic hydroxyl groups is 1. The Morgan fingerprint density at radius 3 is 2.56 bits per heavy atom. The Kier molecular flexibility index (Phi) is 4.54. The quantitative estimate of drug-likeness (QED) is 0.461. The van der Waals surface area contributed by atoms with Crippen molar-refractivity contribution in [1.29, 1.82) is 0 Å². The van der Waals surface area contributed by atoms with E-state index in [-0.39, 0.29) is 12.4 Å². The van der Waals surface area contributed by atoms with Crippen LogP contribution in [0.25, 0.3) is 0 Å². The number of carbonyl (C=O) groups excluding carboxylic acids is 1. The highest BCUT2D eigenvalue weighted by Crippen LogP contribution is 2.16. The van der Waals surface area contributed by atoms with Gasteiger partial charge in [0.25, 0.3) is 0 Å². The number of hydrogen-bond acceptors (Lipinski definition) is 4. The molecule has 1 aromatic rings. The summed E-state index contributed by atoms with van der Waals surface area (Å²) in [7, 11) is 0. The summed E-state index contributed by atoms with van der Waals surface area (Å²) in [5, 5.41) is 17.6. The van der Waals surface area contributed by atoms with Crippen LogP contribution in [0.1, 0.15) is 13.3 Å². The molecule has 0 saturated heterocycles. The second-order valence-electron chi connectivity index (χ2n) is 3.28. The minimum Gasteiger partial charge on any atom is -0.508 e. The third-order valence-corrected chi connectivity index (χ3v) is 1.95. The number of phenols is 1. The maximum absolute atomic E-state index is 11.5. The number of hydrogen-bond donors (Lipinski definition) is 2. The van der Waals surface area contributed by atoms with E-state index in [9.17, 15) is 4.79 Å². The molecule has 0 bridgehead atoms. The number of rotatable bonds is 4. The molecule has 4 nitrogen and oxygen atoms in total. The molecular formula is C12H14O4. The summed E-state index contributed by atoms with van der Waals surface area (Å²) in [6.45, 7) is 1.63. The molecule has 86 valence electrons. The molecule has 0 atom stereocenters. The van der Waals surface area contributed by atoms with Crippen molar-refractivity contribution < 1.29 is 19.7 Å². The second kappa shape index (κ2) is 5.92. The summed E-state index contributed by atoms with van der Waals surface area (Å²) >= 11 is 0. The summed E-state index contributed by atoms with van der Waals surface area (Å²) in [4.78, 5) is 11.5. The highest BCUT2D eigenvalue weighted by Gasteiger charge is 2.06. The Labute approximate surface area is 93.8 Å². The van der Waals surface area contributed by atoms with Gasteiger partial charge in [0.05, 0.1) is 0 Å². The molecule has 1 rings (SSSR count). The average Bonchev–Trinajstić information content (AvgIpc) is 2.29. The van der Waals surface area contributed by atoms with E-state index in [1.54, 1.807) is 13.0 Å². The van der Waals surface area contributed by atoms with Crippen molar-refractivity contribution in [1.82, 2.24) is 0 Å². The molecule has 0 fully saturated rings. The molecule has 1 aromatic carbocycles. The maximum atomic E-state index is 11.5. The molecule has 0 amide bonds. The Morgan fingerprint density at radius 2 is 2.00 bits per heavy atom. The molecule has 0 unspecified atom stereocenters. The molecule has 0 aliphatic rings. The molecule has 0 heterocycles. The van der Waals surface area contributed by atoms with Crippen molar-refractivity contribution in [2.75, 3.05) is 6.61 Å². The van der Waals surface area contributed by atoms with Crippen LogP contribution in [0.5, 0.6) is 11.5 Å². The summed E-state index contributed by atoms with van der Waals surface area (Å²) in [6, 6.07) is 5.89. The lowest BCUT2D eigenvalue weighted by Crippen LogP contribution is -2.09. The van der Waals surface area contributed by atoms with E-state index in [1.807, 2.05) is 0 Å². The highest BCUT2D eigenvalue weighted by molar-refractivity contribution is 5.89. The van der Waals surface area contributed by atoms with E-state index >= 15 is 0 Å². The Balaban J connectivity index is 2.60. The van der Waals surface area contributed by atoms with Gasteiger partial charge in [-0.1, -0.05) is 6.08 Å². The Morgan fingerprint density at radius 1 is 1.38 bits per heavy atom. The lowest BCUT2D eigenvalue weighted by Gasteiger charge is -2.04. The minimum atomic E-state index is -0.459. The predicted molar refractivity (Wildman–Crippen MR) is 59.2 cm³/mol. The third kappa shape index (κ3) is 3.74. The highest BCUT2D eigenvalue weighted by atomic mass is 16.5. The fraction of sp³-hybridized carbons (Fsp3) is 0.250. The van der Waals surface area contributed by atoms with E-state index in [2.05, 4.69) is 0 Å². The fourth-order valence-electron chi connectivity index (χ4n) is 1.07. The van der Waals surface area contributed by atoms with Crippen molar-refractivity contribution in [2.45, 2.75) is 13.3 Å². The van der Waals surface area contributed by atoms with Gasteiger partial charge in [-0.2, -0.15) is 0 Å². The number of benzene rings is 1. The first-order chi connectivity index (χ1) is 7.63. The van der Waals surface area contributed by atoms with Crippen LogP contribution in [0.3, 0.4) is 0 Å². The number of phenolic OH excluding ortho intramolecular Hbond substituents is 1. The van der Waals surface area contributed by atoms with E-state index in [0.717, 1.165) is 0 Å². The van der Waals surface area contributed by atoms with E-state index in [1.165, 1.54) is 24.3 Å². The van der Waals surface area contributed by atoms with Gasteiger partial charge in [-0.25, -0.2) is 4.79 Å². The zero-order valence-electron chi connectivity index (χ0n) is 9.01. The van der Waals surface area contributed by atoms with E-state index < -0.39 is 5.97 Å². The predicted octanol–water partition coefficient (Wildman–Crippen LogP) is 1.63. The molecule has 0 spiro atoms. The van der Waals surface area contributed by atoms with E-state index in [0.29, 0.717) is 17.7 Å². The van der Waals surface area contributed by atoms with Gasteiger partial charge >= 0.3 is 5.97 Å². The molecule has 4 heteroatoms. The van der Waals surface area contributed by atoms with Crippen molar-refractivity contribution in [3.8, 4) is 11.5 Å². The van der Waals surface area contributed by atoms with Gasteiger partial charge in [0.15, 0.2) is 0 Å². The topological polar surface area (TPSA) is 66.8 Å². The van der Waals surface area contributed by atoms with Crippen molar-refractivity contribution >= 4 is 5.97 Å². The summed E-state index contributed by atoms with van der Waals surface area (Å²) in [6.07, 6.45) is 2.04. The summed E-state index contributed by atoms with van der Waals surface area (Å²) in [5.74, 6) is 0.0334. The SMILES string of the molecule is CC(=CCCO)C(=O)Oc1ccc(O)cc1. The second-order valence-corrected chi connectivity index (χ2v) is 3.28. The van der Waals surface area contributed by atoms with Gasteiger partial charge in [-0.15, -0.1) is 0 Å². The number of aliphatic hydroxyl groups excluding tert-OH is 1. The molecular weight excluding hydrogens is 208 g/mol. The van der Waals surface area contributed by atoms with Crippen LogP contribution in [0.4, 0.5) is 0 Å². The maximum Gasteiger partial charge on any atom is 0.338 e. The van der Waals surface area contributed by atoms with Crippen molar-refractivity contribution in [3.05, 3.63) is 35.9 Å². The van der Waals surface area contributed by atoms with E-state index in [4.69, 9.17) is 14.9 Å². The lowest BCUT2D eigenvalue weighted by molar-refractivity contribution is -0.130. The summed E-state index contributed by atoms with van der Waals surface area (Å²) in [5.41, 5.74) is 0.446. The van der Waals surface area contributed by atoms with Gasteiger partial charge in [-0.3, -0.25) is 0 Å². The zero-order valence-corrected chi connectivity index (χ0v) is 9.01. The molecule has 0 aliphatic carbocycles. The minimum absolute atomic E-state index is 0.00380. The van der Waals surface area contributed by atoms with Gasteiger partial charge in [-0.05, 0) is 37.6 Å². The van der Waals surface area contributed by atoms with Gasteiger partial charge in [0.2, 0.25) is 0 Å². The fourth-order valence-corrected chi connectivity index (χ4v) is 1.07. The molecule has 2 N–H and O–H groups in total. The number of ether oxygens (including phenoxy) is 1. The number of carbonyl (C=O) groups is 1. The average molecular weight is 222 g/mol. The summed E-state index contributed by atoms with van der Waals surface area (Å²) < 4.78 is 5.03.